The number of nitrogens with zero attached hydrogens (tertiary/aromatic N) is 2. The third-order valence-corrected chi connectivity index (χ3v) is 6.30. The first kappa shape index (κ1) is 18.4. The van der Waals surface area contributed by atoms with Crippen molar-refractivity contribution in [2.45, 2.75) is 64.2 Å². The molecule has 1 aromatic carbocycles. The molecule has 2 nitrogen and oxygen atoms in total. The van der Waals surface area contributed by atoms with Crippen LogP contribution in [-0.2, 0) is 0 Å². The van der Waals surface area contributed by atoms with Gasteiger partial charge >= 0.3 is 0 Å². The minimum absolute atomic E-state index is 0.860. The second-order valence-electron chi connectivity index (χ2n) is 8.22. The van der Waals surface area contributed by atoms with Crippen molar-refractivity contribution in [1.82, 2.24) is 4.90 Å². The fourth-order valence-electron chi connectivity index (χ4n) is 4.66. The second kappa shape index (κ2) is 9.31. The van der Waals surface area contributed by atoms with Crippen LogP contribution in [0.2, 0.25) is 0 Å². The Morgan fingerprint density at radius 2 is 1.32 bits per heavy atom. The predicted octanol–water partition coefficient (Wildman–Crippen LogP) is 6.06. The quantitative estimate of drug-likeness (QED) is 0.595. The highest BCUT2D eigenvalue weighted by atomic mass is 15.3. The van der Waals surface area contributed by atoms with E-state index in [1.807, 2.05) is 0 Å². The summed E-state index contributed by atoms with van der Waals surface area (Å²) >= 11 is 0. The maximum atomic E-state index is 4.51. The third-order valence-electron chi connectivity index (χ3n) is 6.30. The van der Waals surface area contributed by atoms with Crippen LogP contribution in [0.3, 0.4) is 0 Å². The van der Waals surface area contributed by atoms with E-state index >= 15 is 0 Å². The molecule has 0 bridgehead atoms. The van der Waals surface area contributed by atoms with E-state index < -0.39 is 0 Å². The van der Waals surface area contributed by atoms with E-state index in [1.54, 1.807) is 0 Å². The lowest BCUT2D eigenvalue weighted by atomic mass is 9.87. The minimum atomic E-state index is 0.860. The Morgan fingerprint density at radius 1 is 0.840 bits per heavy atom. The zero-order valence-corrected chi connectivity index (χ0v) is 16.1. The molecule has 0 radical (unpaired) electrons. The molecule has 0 aromatic heterocycles. The summed E-state index contributed by atoms with van der Waals surface area (Å²) < 4.78 is 0. The van der Waals surface area contributed by atoms with Gasteiger partial charge in [0.25, 0.3) is 0 Å². The van der Waals surface area contributed by atoms with Gasteiger partial charge in [-0.3, -0.25) is 0 Å². The molecule has 138 valence electrons. The van der Waals surface area contributed by atoms with Crippen LogP contribution in [0.1, 0.15) is 64.2 Å². The van der Waals surface area contributed by atoms with Crippen molar-refractivity contribution >= 4 is 5.69 Å². The van der Waals surface area contributed by atoms with E-state index in [-0.39, 0.29) is 0 Å². The van der Waals surface area contributed by atoms with Crippen molar-refractivity contribution in [2.24, 2.45) is 11.8 Å². The SMILES string of the molecule is C=C(N(CC1CCCCC1)CC1CCCCC1)N(C)c1ccccc1. The topological polar surface area (TPSA) is 6.48 Å². The summed E-state index contributed by atoms with van der Waals surface area (Å²) in [5, 5.41) is 0. The van der Waals surface area contributed by atoms with Gasteiger partial charge in [-0.15, -0.1) is 0 Å². The lowest BCUT2D eigenvalue weighted by molar-refractivity contribution is 0.192. The maximum absolute atomic E-state index is 4.51. The molecule has 0 heterocycles. The van der Waals surface area contributed by atoms with Crippen molar-refractivity contribution < 1.29 is 0 Å². The van der Waals surface area contributed by atoms with Gasteiger partial charge in [0.05, 0.1) is 0 Å². The normalized spacial score (nSPS) is 19.6. The van der Waals surface area contributed by atoms with Crippen molar-refractivity contribution in [1.29, 1.82) is 0 Å². The molecule has 3 rings (SSSR count). The lowest BCUT2D eigenvalue weighted by Crippen LogP contribution is -2.39. The van der Waals surface area contributed by atoms with E-state index in [0.29, 0.717) is 0 Å². The summed E-state index contributed by atoms with van der Waals surface area (Å²) in [5.41, 5.74) is 1.24. The van der Waals surface area contributed by atoms with E-state index in [4.69, 9.17) is 0 Å². The van der Waals surface area contributed by atoms with E-state index in [1.165, 1.54) is 88.8 Å². The first-order chi connectivity index (χ1) is 12.2. The first-order valence-corrected chi connectivity index (χ1v) is 10.5. The monoisotopic (exact) mass is 340 g/mol. The molecule has 0 spiro atoms. The number of hydrogen-bond donors (Lipinski definition) is 0. The third kappa shape index (κ3) is 5.26. The van der Waals surface area contributed by atoms with E-state index in [0.717, 1.165) is 11.8 Å². The molecule has 0 unspecified atom stereocenters. The predicted molar refractivity (Wildman–Crippen MR) is 109 cm³/mol. The standard InChI is InChI=1S/C23H36N2/c1-20(24(2)23-16-10-5-11-17-23)25(18-21-12-6-3-7-13-21)19-22-14-8-4-9-15-22/h5,10-11,16-17,21-22H,1,3-4,6-9,12-15,18-19H2,2H3. The number of hydrogen-bond acceptors (Lipinski definition) is 2. The second-order valence-corrected chi connectivity index (χ2v) is 8.22. The first-order valence-electron chi connectivity index (χ1n) is 10.5. The molecule has 0 atom stereocenters. The zero-order valence-electron chi connectivity index (χ0n) is 16.1. The lowest BCUT2D eigenvalue weighted by Gasteiger charge is -2.39. The molecule has 2 heteroatoms. The van der Waals surface area contributed by atoms with Crippen LogP contribution in [0.4, 0.5) is 5.69 Å². The molecule has 25 heavy (non-hydrogen) atoms. The molecule has 0 saturated heterocycles. The Labute approximate surface area is 154 Å². The van der Waals surface area contributed by atoms with Gasteiger partial charge < -0.3 is 9.80 Å². The van der Waals surface area contributed by atoms with Crippen LogP contribution in [0, 0.1) is 11.8 Å². The molecule has 2 aliphatic carbocycles. The Kier molecular flexibility index (Phi) is 6.84. The van der Waals surface area contributed by atoms with Gasteiger partial charge in [0.1, 0.15) is 5.82 Å². The van der Waals surface area contributed by atoms with Gasteiger partial charge in [-0.05, 0) is 49.7 Å². The van der Waals surface area contributed by atoms with Crippen molar-refractivity contribution in [3.63, 3.8) is 0 Å². The van der Waals surface area contributed by atoms with Crippen LogP contribution >= 0.6 is 0 Å². The van der Waals surface area contributed by atoms with Crippen LogP contribution in [0.25, 0.3) is 0 Å². The van der Waals surface area contributed by atoms with E-state index in [2.05, 4.69) is 53.8 Å². The summed E-state index contributed by atoms with van der Waals surface area (Å²) in [6, 6.07) is 10.7. The molecule has 1 aromatic rings. The molecular formula is C23H36N2. The Morgan fingerprint density at radius 3 is 1.80 bits per heavy atom. The maximum Gasteiger partial charge on any atom is 0.101 e. The Bertz CT molecular complexity index is 492. The molecule has 0 aliphatic heterocycles. The van der Waals surface area contributed by atoms with Crippen LogP contribution in [0.15, 0.2) is 42.7 Å². The molecule has 2 fully saturated rings. The number of rotatable bonds is 7. The van der Waals surface area contributed by atoms with Gasteiger partial charge in [0, 0.05) is 25.8 Å². The summed E-state index contributed by atoms with van der Waals surface area (Å²) in [5.74, 6) is 2.90. The Hall–Kier alpha value is -1.44. The van der Waals surface area contributed by atoms with Crippen molar-refractivity contribution in [3.05, 3.63) is 42.7 Å². The average molecular weight is 341 g/mol. The highest BCUT2D eigenvalue weighted by Gasteiger charge is 2.24. The molecule has 0 N–H and O–H groups in total. The largest absolute Gasteiger partial charge is 0.358 e. The highest BCUT2D eigenvalue weighted by molar-refractivity contribution is 5.49. The van der Waals surface area contributed by atoms with Gasteiger partial charge in [0.15, 0.2) is 0 Å². The fraction of sp³-hybridized carbons (Fsp3) is 0.652. The van der Waals surface area contributed by atoms with Crippen molar-refractivity contribution in [3.8, 4) is 0 Å². The summed E-state index contributed by atoms with van der Waals surface area (Å²) in [7, 11) is 2.17. The highest BCUT2D eigenvalue weighted by Crippen LogP contribution is 2.30. The summed E-state index contributed by atoms with van der Waals surface area (Å²) in [6.45, 7) is 6.92. The van der Waals surface area contributed by atoms with Crippen LogP contribution < -0.4 is 4.90 Å². The zero-order chi connectivity index (χ0) is 17.5. The summed E-state index contributed by atoms with van der Waals surface area (Å²) in [6.07, 6.45) is 14.2. The van der Waals surface area contributed by atoms with Crippen molar-refractivity contribution in [2.75, 3.05) is 25.0 Å². The van der Waals surface area contributed by atoms with Crippen LogP contribution in [0.5, 0.6) is 0 Å². The van der Waals surface area contributed by atoms with Crippen LogP contribution in [-0.4, -0.2) is 25.0 Å². The van der Waals surface area contributed by atoms with Gasteiger partial charge in [-0.1, -0.05) is 63.3 Å². The molecular weight excluding hydrogens is 304 g/mol. The number of para-hydroxylation sites is 1. The average Bonchev–Trinajstić information content (AvgIpc) is 2.68. The van der Waals surface area contributed by atoms with E-state index in [9.17, 15) is 0 Å². The smallest absolute Gasteiger partial charge is 0.101 e. The number of anilines is 1. The fourth-order valence-corrected chi connectivity index (χ4v) is 4.66. The van der Waals surface area contributed by atoms with Gasteiger partial charge in [-0.25, -0.2) is 0 Å². The minimum Gasteiger partial charge on any atom is -0.358 e. The summed E-state index contributed by atoms with van der Waals surface area (Å²) in [4.78, 5) is 4.91. The Balaban J connectivity index is 1.68. The van der Waals surface area contributed by atoms with Gasteiger partial charge in [0.2, 0.25) is 0 Å². The molecule has 2 aliphatic rings. The molecule has 2 saturated carbocycles. The van der Waals surface area contributed by atoms with Gasteiger partial charge in [-0.2, -0.15) is 0 Å². The number of benzene rings is 1. The molecule has 0 amide bonds.